The average Bonchev–Trinajstić information content (AvgIpc) is 3.50. The molecule has 0 atom stereocenters. The topological polar surface area (TPSA) is 52.6 Å². The van der Waals surface area contributed by atoms with E-state index in [9.17, 15) is 9.59 Å². The van der Waals surface area contributed by atoms with Crippen molar-refractivity contribution in [1.29, 1.82) is 0 Å². The highest BCUT2D eigenvalue weighted by atomic mass is 32.1. The lowest BCUT2D eigenvalue weighted by Crippen LogP contribution is -2.13. The van der Waals surface area contributed by atoms with E-state index in [1.165, 1.54) is 22.7 Å². The summed E-state index contributed by atoms with van der Waals surface area (Å²) in [6.45, 7) is 11.9. The van der Waals surface area contributed by atoms with Gasteiger partial charge in [0.2, 0.25) is 0 Å². The normalized spacial score (nSPS) is 11.7. The van der Waals surface area contributed by atoms with Crippen LogP contribution >= 0.6 is 22.7 Å². The largest absolute Gasteiger partial charge is 0.418 e. The van der Waals surface area contributed by atoms with Crippen molar-refractivity contribution in [2.45, 2.75) is 41.5 Å². The molecule has 0 saturated heterocycles. The van der Waals surface area contributed by atoms with E-state index in [0.717, 1.165) is 44.5 Å². The fraction of sp³-hybridized carbons (Fsp3) is 0.200. The van der Waals surface area contributed by atoms with Gasteiger partial charge in [0.15, 0.2) is 11.5 Å². The fourth-order valence-corrected chi connectivity index (χ4v) is 5.77. The second-order valence-corrected chi connectivity index (χ2v) is 10.8. The fourth-order valence-electron chi connectivity index (χ4n) is 4.57. The van der Waals surface area contributed by atoms with E-state index in [4.69, 9.17) is 9.47 Å². The van der Waals surface area contributed by atoms with Crippen LogP contribution in [0.25, 0.3) is 11.5 Å². The molecule has 0 spiro atoms. The first-order chi connectivity index (χ1) is 17.2. The van der Waals surface area contributed by atoms with Gasteiger partial charge in [0, 0.05) is 11.1 Å². The predicted molar refractivity (Wildman–Crippen MR) is 148 cm³/mol. The molecular weight excluding hydrogens is 488 g/mol. The van der Waals surface area contributed by atoms with Crippen LogP contribution in [0.5, 0.6) is 0 Å². The van der Waals surface area contributed by atoms with Crippen LogP contribution in [-0.2, 0) is 9.47 Å². The lowest BCUT2D eigenvalue weighted by molar-refractivity contribution is 0.0651. The van der Waals surface area contributed by atoms with E-state index >= 15 is 0 Å². The third-order valence-electron chi connectivity index (χ3n) is 5.85. The van der Waals surface area contributed by atoms with Crippen molar-refractivity contribution in [1.82, 2.24) is 0 Å². The van der Waals surface area contributed by atoms with Crippen LogP contribution in [0.3, 0.4) is 0 Å². The molecule has 2 aromatic carbocycles. The Kier molecular flexibility index (Phi) is 7.57. The zero-order valence-electron chi connectivity index (χ0n) is 21.2. The number of esters is 2. The van der Waals surface area contributed by atoms with Crippen LogP contribution in [0.4, 0.5) is 0 Å². The third kappa shape index (κ3) is 5.35. The molecule has 0 radical (unpaired) electrons. The van der Waals surface area contributed by atoms with Crippen LogP contribution in [-0.4, -0.2) is 11.9 Å². The predicted octanol–water partition coefficient (Wildman–Crippen LogP) is 8.20. The highest BCUT2D eigenvalue weighted by Gasteiger charge is 2.27. The maximum Gasteiger partial charge on any atom is 0.353 e. The van der Waals surface area contributed by atoms with Gasteiger partial charge in [-0.1, -0.05) is 47.5 Å². The molecule has 2 heterocycles. The number of aryl methyl sites for hydroxylation is 6. The van der Waals surface area contributed by atoms with Crippen LogP contribution in [0.1, 0.15) is 63.9 Å². The number of carbonyl (C=O) groups excluding carboxylic acids is 2. The summed E-state index contributed by atoms with van der Waals surface area (Å²) in [5, 5.41) is 3.66. The Morgan fingerprint density at radius 3 is 1.19 bits per heavy atom. The SMILES string of the molecule is Cc1cc(C)c(C(OC(=O)c2cccs2)=C(OC(=O)c2cccs2)c2c(C)cc(C)cc2C)c(C)c1. The molecule has 2 aromatic heterocycles. The number of benzene rings is 2. The summed E-state index contributed by atoms with van der Waals surface area (Å²) in [4.78, 5) is 27.5. The number of hydrogen-bond acceptors (Lipinski definition) is 6. The minimum atomic E-state index is -0.494. The summed E-state index contributed by atoms with van der Waals surface area (Å²) in [6, 6.07) is 15.2. The Labute approximate surface area is 219 Å². The molecule has 0 aliphatic heterocycles. The Morgan fingerprint density at radius 2 is 0.917 bits per heavy atom. The van der Waals surface area contributed by atoms with Crippen molar-refractivity contribution >= 4 is 46.1 Å². The molecule has 0 fully saturated rings. The van der Waals surface area contributed by atoms with Gasteiger partial charge in [-0.25, -0.2) is 9.59 Å². The summed E-state index contributed by atoms with van der Waals surface area (Å²) in [7, 11) is 0. The Bertz CT molecular complexity index is 1300. The molecule has 0 N–H and O–H groups in total. The average molecular weight is 517 g/mol. The van der Waals surface area contributed by atoms with Crippen LogP contribution in [0, 0.1) is 41.5 Å². The van der Waals surface area contributed by atoms with Gasteiger partial charge in [-0.2, -0.15) is 0 Å². The minimum Gasteiger partial charge on any atom is -0.418 e. The smallest absolute Gasteiger partial charge is 0.353 e. The third-order valence-corrected chi connectivity index (χ3v) is 7.55. The first-order valence-electron chi connectivity index (χ1n) is 11.6. The van der Waals surface area contributed by atoms with Gasteiger partial charge >= 0.3 is 11.9 Å². The van der Waals surface area contributed by atoms with E-state index < -0.39 is 11.9 Å². The number of ether oxygens (including phenoxy) is 2. The zero-order chi connectivity index (χ0) is 26.0. The van der Waals surface area contributed by atoms with Crippen molar-refractivity contribution < 1.29 is 19.1 Å². The Balaban J connectivity index is 2.03. The molecule has 0 aliphatic carbocycles. The zero-order valence-corrected chi connectivity index (χ0v) is 22.9. The molecule has 0 bridgehead atoms. The first kappa shape index (κ1) is 25.6. The first-order valence-corrected chi connectivity index (χ1v) is 13.3. The van der Waals surface area contributed by atoms with E-state index in [2.05, 4.69) is 0 Å². The van der Waals surface area contributed by atoms with E-state index in [1.807, 2.05) is 76.6 Å². The van der Waals surface area contributed by atoms with Gasteiger partial charge in [0.25, 0.3) is 0 Å². The molecule has 0 aliphatic rings. The summed E-state index contributed by atoms with van der Waals surface area (Å²) < 4.78 is 12.3. The second kappa shape index (κ2) is 10.6. The monoisotopic (exact) mass is 516 g/mol. The Morgan fingerprint density at radius 1 is 0.583 bits per heavy atom. The van der Waals surface area contributed by atoms with Crippen LogP contribution in [0.15, 0.2) is 59.3 Å². The quantitative estimate of drug-likeness (QED) is 0.147. The second-order valence-electron chi connectivity index (χ2n) is 8.94. The Hall–Kier alpha value is -3.48. The minimum absolute atomic E-state index is 0.239. The van der Waals surface area contributed by atoms with E-state index in [0.29, 0.717) is 9.75 Å². The summed E-state index contributed by atoms with van der Waals surface area (Å²) in [5.74, 6) is -0.510. The van der Waals surface area contributed by atoms with Gasteiger partial charge < -0.3 is 9.47 Å². The van der Waals surface area contributed by atoms with Gasteiger partial charge in [-0.05, 0) is 86.7 Å². The van der Waals surface area contributed by atoms with Crippen molar-refractivity contribution in [3.63, 3.8) is 0 Å². The number of carbonyl (C=O) groups is 2. The highest BCUT2D eigenvalue weighted by Crippen LogP contribution is 2.37. The van der Waals surface area contributed by atoms with E-state index in [-0.39, 0.29) is 11.5 Å². The van der Waals surface area contributed by atoms with Gasteiger partial charge in [0.05, 0.1) is 0 Å². The molecule has 4 rings (SSSR count). The molecule has 36 heavy (non-hydrogen) atoms. The lowest BCUT2D eigenvalue weighted by Gasteiger charge is -2.21. The maximum atomic E-state index is 13.3. The number of rotatable bonds is 6. The van der Waals surface area contributed by atoms with E-state index in [1.54, 1.807) is 24.3 Å². The molecule has 0 unspecified atom stereocenters. The highest BCUT2D eigenvalue weighted by molar-refractivity contribution is 7.12. The molecule has 0 amide bonds. The summed E-state index contributed by atoms with van der Waals surface area (Å²) >= 11 is 2.61. The summed E-state index contributed by atoms with van der Waals surface area (Å²) in [6.07, 6.45) is 0. The molecule has 0 saturated carbocycles. The maximum absolute atomic E-state index is 13.3. The van der Waals surface area contributed by atoms with Gasteiger partial charge in [-0.15, -0.1) is 22.7 Å². The van der Waals surface area contributed by atoms with Crippen molar-refractivity contribution in [3.05, 3.63) is 114 Å². The summed E-state index contributed by atoms with van der Waals surface area (Å²) in [5.41, 5.74) is 7.36. The van der Waals surface area contributed by atoms with Crippen LogP contribution < -0.4 is 0 Å². The van der Waals surface area contributed by atoms with Crippen LogP contribution in [0.2, 0.25) is 0 Å². The standard InChI is InChI=1S/C30H28O4S2/c1-17-13-19(3)25(20(4)14-17)27(33-29(31)23-9-7-11-35-23)28(34-30(32)24-10-8-12-36-24)26-21(5)15-18(2)16-22(26)6/h7-16H,1-6H3. The van der Waals surface area contributed by atoms with Crippen molar-refractivity contribution in [2.75, 3.05) is 0 Å². The van der Waals surface area contributed by atoms with Gasteiger partial charge in [0.1, 0.15) is 9.75 Å². The number of hydrogen-bond donors (Lipinski definition) is 0. The molecule has 4 nitrogen and oxygen atoms in total. The molecule has 4 aromatic rings. The van der Waals surface area contributed by atoms with Crippen molar-refractivity contribution in [3.8, 4) is 0 Å². The lowest BCUT2D eigenvalue weighted by atomic mass is 9.93. The molecule has 6 heteroatoms. The molecule has 184 valence electrons. The van der Waals surface area contributed by atoms with Gasteiger partial charge in [-0.3, -0.25) is 0 Å². The number of thiophene rings is 2. The molecular formula is C30H28O4S2. The van der Waals surface area contributed by atoms with Crippen molar-refractivity contribution in [2.24, 2.45) is 0 Å².